The van der Waals surface area contributed by atoms with E-state index in [0.29, 0.717) is 18.6 Å². The van der Waals surface area contributed by atoms with Crippen molar-refractivity contribution in [1.29, 1.82) is 0 Å². The molecular formula is C22H24FN3O. The average Bonchev–Trinajstić information content (AvgIpc) is 3.06. The van der Waals surface area contributed by atoms with E-state index in [9.17, 15) is 9.50 Å². The van der Waals surface area contributed by atoms with Crippen LogP contribution in [0.4, 0.5) is 4.39 Å². The maximum atomic E-state index is 14.1. The van der Waals surface area contributed by atoms with E-state index in [1.165, 1.54) is 23.7 Å². The number of rotatable bonds is 3. The fourth-order valence-electron chi connectivity index (χ4n) is 5.12. The number of aliphatic hydroxyl groups is 1. The van der Waals surface area contributed by atoms with Crippen LogP contribution in [0.15, 0.2) is 42.7 Å². The molecule has 4 heterocycles. The van der Waals surface area contributed by atoms with Crippen molar-refractivity contribution in [2.24, 2.45) is 0 Å². The molecule has 2 aliphatic rings. The molecule has 5 rings (SSSR count). The second-order valence-corrected chi connectivity index (χ2v) is 8.23. The number of halogens is 1. The van der Waals surface area contributed by atoms with Gasteiger partial charge in [-0.15, -0.1) is 0 Å². The van der Waals surface area contributed by atoms with Gasteiger partial charge in [-0.2, -0.15) is 0 Å². The quantitative estimate of drug-likeness (QED) is 0.768. The Bertz CT molecular complexity index is 1010. The Morgan fingerprint density at radius 1 is 1.22 bits per heavy atom. The van der Waals surface area contributed by atoms with E-state index >= 15 is 0 Å². The Hall–Kier alpha value is -2.24. The van der Waals surface area contributed by atoms with Gasteiger partial charge in [0.1, 0.15) is 11.4 Å². The summed E-state index contributed by atoms with van der Waals surface area (Å²) in [6.45, 7) is 2.28. The molecule has 27 heavy (non-hydrogen) atoms. The molecule has 0 amide bonds. The number of likely N-dealkylation sites (N-methyl/N-ethyl adjacent to an activating group) is 1. The van der Waals surface area contributed by atoms with Crippen LogP contribution in [-0.2, 0) is 18.6 Å². The van der Waals surface area contributed by atoms with Crippen molar-refractivity contribution in [1.82, 2.24) is 14.5 Å². The van der Waals surface area contributed by atoms with Gasteiger partial charge < -0.3 is 9.67 Å². The third kappa shape index (κ3) is 2.52. The molecule has 1 N–H and O–H groups in total. The number of benzene rings is 1. The predicted molar refractivity (Wildman–Crippen MR) is 103 cm³/mol. The third-order valence-electron chi connectivity index (χ3n) is 6.55. The Balaban J connectivity index is 1.69. The molecule has 2 aliphatic heterocycles. The topological polar surface area (TPSA) is 41.3 Å². The van der Waals surface area contributed by atoms with E-state index in [0.717, 1.165) is 29.3 Å². The molecule has 1 fully saturated rings. The molecule has 1 saturated heterocycles. The van der Waals surface area contributed by atoms with Crippen LogP contribution in [0.2, 0.25) is 0 Å². The van der Waals surface area contributed by atoms with Gasteiger partial charge in [0.15, 0.2) is 0 Å². The number of hydrogen-bond donors (Lipinski definition) is 1. The summed E-state index contributed by atoms with van der Waals surface area (Å²) in [5.74, 6) is -0.203. The van der Waals surface area contributed by atoms with Gasteiger partial charge in [0.05, 0.1) is 6.54 Å². The first kappa shape index (κ1) is 16.9. The molecule has 140 valence electrons. The normalized spacial score (nSPS) is 24.1. The highest BCUT2D eigenvalue weighted by atomic mass is 19.1. The van der Waals surface area contributed by atoms with Crippen molar-refractivity contribution in [2.75, 3.05) is 7.05 Å². The van der Waals surface area contributed by atoms with Gasteiger partial charge in [0, 0.05) is 47.5 Å². The summed E-state index contributed by atoms with van der Waals surface area (Å²) in [5.41, 5.74) is 3.34. The highest BCUT2D eigenvalue weighted by Gasteiger charge is 2.41. The van der Waals surface area contributed by atoms with E-state index in [2.05, 4.69) is 21.5 Å². The fraction of sp³-hybridized carbons (Fsp3) is 0.409. The zero-order chi connectivity index (χ0) is 18.8. The lowest BCUT2D eigenvalue weighted by Gasteiger charge is -2.33. The van der Waals surface area contributed by atoms with Crippen molar-refractivity contribution < 1.29 is 9.50 Å². The summed E-state index contributed by atoms with van der Waals surface area (Å²) < 4.78 is 16.3. The Labute approximate surface area is 158 Å². The summed E-state index contributed by atoms with van der Waals surface area (Å²) in [4.78, 5) is 6.50. The largest absolute Gasteiger partial charge is 0.384 e. The molecule has 0 spiro atoms. The molecule has 3 aromatic rings. The lowest BCUT2D eigenvalue weighted by Crippen LogP contribution is -2.36. The zero-order valence-corrected chi connectivity index (χ0v) is 15.7. The first-order valence-corrected chi connectivity index (χ1v) is 9.61. The van der Waals surface area contributed by atoms with Crippen LogP contribution >= 0.6 is 0 Å². The van der Waals surface area contributed by atoms with E-state index in [-0.39, 0.29) is 5.82 Å². The second-order valence-electron chi connectivity index (χ2n) is 8.23. The Morgan fingerprint density at radius 3 is 2.78 bits per heavy atom. The molecule has 1 aromatic carbocycles. The molecule has 5 heteroatoms. The van der Waals surface area contributed by atoms with Crippen LogP contribution in [-0.4, -0.2) is 32.6 Å². The predicted octanol–water partition coefficient (Wildman–Crippen LogP) is 3.77. The average molecular weight is 365 g/mol. The Morgan fingerprint density at radius 2 is 2.00 bits per heavy atom. The SMILES string of the molecule is CN1C2CCC1c1c(n(CC(C)(O)c3ccncc3)c3ccc(F)cc13)C2. The van der Waals surface area contributed by atoms with Crippen LogP contribution in [0.3, 0.4) is 0 Å². The molecule has 3 atom stereocenters. The summed E-state index contributed by atoms with van der Waals surface area (Å²) in [5, 5.41) is 12.2. The highest BCUT2D eigenvalue weighted by molar-refractivity contribution is 5.86. The minimum Gasteiger partial charge on any atom is -0.384 e. The van der Waals surface area contributed by atoms with Crippen molar-refractivity contribution in [2.45, 2.75) is 50.4 Å². The summed E-state index contributed by atoms with van der Waals surface area (Å²) in [7, 11) is 2.18. The van der Waals surface area contributed by atoms with Crippen LogP contribution < -0.4 is 0 Å². The summed E-state index contributed by atoms with van der Waals surface area (Å²) >= 11 is 0. The van der Waals surface area contributed by atoms with Gasteiger partial charge >= 0.3 is 0 Å². The van der Waals surface area contributed by atoms with Crippen molar-refractivity contribution >= 4 is 10.9 Å². The van der Waals surface area contributed by atoms with Gasteiger partial charge in [-0.3, -0.25) is 9.88 Å². The maximum absolute atomic E-state index is 14.1. The van der Waals surface area contributed by atoms with E-state index < -0.39 is 5.60 Å². The van der Waals surface area contributed by atoms with Crippen LogP contribution in [0, 0.1) is 5.82 Å². The molecule has 3 unspecified atom stereocenters. The van der Waals surface area contributed by atoms with Gasteiger partial charge in [-0.05, 0) is 68.3 Å². The molecule has 4 nitrogen and oxygen atoms in total. The highest BCUT2D eigenvalue weighted by Crippen LogP contribution is 2.47. The number of aromatic nitrogens is 2. The van der Waals surface area contributed by atoms with Crippen molar-refractivity contribution in [3.8, 4) is 0 Å². The third-order valence-corrected chi connectivity index (χ3v) is 6.55. The standard InChI is InChI=1S/C22H24FN3O/c1-22(27,14-7-9-24-10-8-14)13-26-18-5-3-15(23)11-17(18)21-19-6-4-16(25(19)2)12-20(21)26/h3,5,7-11,16,19,27H,4,6,12-13H2,1-2H3. The lowest BCUT2D eigenvalue weighted by atomic mass is 9.95. The van der Waals surface area contributed by atoms with E-state index in [4.69, 9.17) is 0 Å². The van der Waals surface area contributed by atoms with Gasteiger partial charge in [0.25, 0.3) is 0 Å². The van der Waals surface area contributed by atoms with Crippen molar-refractivity contribution in [3.05, 3.63) is 65.4 Å². The Kier molecular flexibility index (Phi) is 3.68. The molecule has 0 aliphatic carbocycles. The van der Waals surface area contributed by atoms with E-state index in [1.54, 1.807) is 18.5 Å². The van der Waals surface area contributed by atoms with Gasteiger partial charge in [0.2, 0.25) is 0 Å². The zero-order valence-electron chi connectivity index (χ0n) is 15.7. The van der Waals surface area contributed by atoms with Crippen LogP contribution in [0.5, 0.6) is 0 Å². The first-order chi connectivity index (χ1) is 13.0. The van der Waals surface area contributed by atoms with Crippen molar-refractivity contribution in [3.63, 3.8) is 0 Å². The number of fused-ring (bicyclic) bond motifs is 6. The molecule has 0 saturated carbocycles. The molecular weight excluding hydrogens is 341 g/mol. The van der Waals surface area contributed by atoms with Gasteiger partial charge in [-0.25, -0.2) is 4.39 Å². The fourth-order valence-corrected chi connectivity index (χ4v) is 5.12. The van der Waals surface area contributed by atoms with E-state index in [1.807, 2.05) is 25.1 Å². The van der Waals surface area contributed by atoms with Crippen LogP contribution in [0.25, 0.3) is 10.9 Å². The van der Waals surface area contributed by atoms with Crippen LogP contribution in [0.1, 0.15) is 42.6 Å². The summed E-state index contributed by atoms with van der Waals surface area (Å²) in [6, 6.07) is 9.63. The molecule has 2 bridgehead atoms. The number of pyridine rings is 1. The second kappa shape index (κ2) is 5.88. The minimum atomic E-state index is -1.03. The summed E-state index contributed by atoms with van der Waals surface area (Å²) in [6.07, 6.45) is 6.65. The molecule has 2 aromatic heterocycles. The minimum absolute atomic E-state index is 0.203. The number of nitrogens with zero attached hydrogens (tertiary/aromatic N) is 3. The number of hydrogen-bond acceptors (Lipinski definition) is 3. The maximum Gasteiger partial charge on any atom is 0.123 e. The smallest absolute Gasteiger partial charge is 0.123 e. The van der Waals surface area contributed by atoms with Gasteiger partial charge in [-0.1, -0.05) is 0 Å². The monoisotopic (exact) mass is 365 g/mol. The lowest BCUT2D eigenvalue weighted by molar-refractivity contribution is 0.0381. The molecule has 0 radical (unpaired) electrons. The first-order valence-electron chi connectivity index (χ1n) is 9.61.